The molecule has 0 heterocycles. The average molecular weight is 358 g/mol. The highest BCUT2D eigenvalue weighted by molar-refractivity contribution is 6.30. The highest BCUT2D eigenvalue weighted by atomic mass is 35.5. The van der Waals surface area contributed by atoms with Gasteiger partial charge in [-0.3, -0.25) is 0 Å². The maximum atomic E-state index is 13.0. The highest BCUT2D eigenvalue weighted by Gasteiger charge is 2.15. The maximum absolute atomic E-state index is 13.0. The van der Waals surface area contributed by atoms with E-state index in [0.29, 0.717) is 10.6 Å². The summed E-state index contributed by atoms with van der Waals surface area (Å²) in [6, 6.07) is 12.7. The zero-order chi connectivity index (χ0) is 17.6. The van der Waals surface area contributed by atoms with Crippen LogP contribution in [0.5, 0.6) is 0 Å². The Labute approximate surface area is 150 Å². The molecule has 1 saturated carbocycles. The van der Waals surface area contributed by atoms with Gasteiger partial charge in [0, 0.05) is 5.02 Å². The van der Waals surface area contributed by atoms with Crippen molar-refractivity contribution in [3.8, 4) is 0 Å². The molecule has 2 aromatic rings. The van der Waals surface area contributed by atoms with Crippen LogP contribution in [0.25, 0.3) is 6.08 Å². The van der Waals surface area contributed by atoms with Gasteiger partial charge in [-0.25, -0.2) is 9.18 Å². The zero-order valence-corrected chi connectivity index (χ0v) is 14.3. The standard InChI is InChI=1S/C20H17ClFNO2/c21-17-9-7-15(8-10-17)20(24)25-23-19-4-2-1-3-16(19)13-14-5-11-18(22)12-6-14/h5-13H,1-4H2/b16-13+,23-19+. The van der Waals surface area contributed by atoms with Crippen molar-refractivity contribution in [1.29, 1.82) is 0 Å². The van der Waals surface area contributed by atoms with Crippen LogP contribution in [0.4, 0.5) is 4.39 Å². The van der Waals surface area contributed by atoms with E-state index in [4.69, 9.17) is 16.4 Å². The van der Waals surface area contributed by atoms with Crippen molar-refractivity contribution >= 4 is 29.4 Å². The normalized spacial score (nSPS) is 17.7. The van der Waals surface area contributed by atoms with Gasteiger partial charge in [-0.2, -0.15) is 0 Å². The number of hydrogen-bond acceptors (Lipinski definition) is 3. The van der Waals surface area contributed by atoms with E-state index < -0.39 is 5.97 Å². The number of carbonyl (C=O) groups excluding carboxylic acids is 1. The number of carbonyl (C=O) groups is 1. The Morgan fingerprint density at radius 3 is 2.44 bits per heavy atom. The molecule has 0 N–H and O–H groups in total. The van der Waals surface area contributed by atoms with Crippen molar-refractivity contribution in [2.45, 2.75) is 25.7 Å². The monoisotopic (exact) mass is 357 g/mol. The van der Waals surface area contributed by atoms with Crippen LogP contribution in [0.15, 0.2) is 59.3 Å². The Kier molecular flexibility index (Phi) is 5.61. The average Bonchev–Trinajstić information content (AvgIpc) is 2.63. The van der Waals surface area contributed by atoms with Crippen LogP contribution in [0.1, 0.15) is 41.6 Å². The van der Waals surface area contributed by atoms with E-state index in [9.17, 15) is 9.18 Å². The molecule has 3 nitrogen and oxygen atoms in total. The lowest BCUT2D eigenvalue weighted by Crippen LogP contribution is -2.11. The van der Waals surface area contributed by atoms with Crippen LogP contribution < -0.4 is 0 Å². The fourth-order valence-corrected chi connectivity index (χ4v) is 2.79. The van der Waals surface area contributed by atoms with Crippen molar-refractivity contribution in [3.63, 3.8) is 0 Å². The van der Waals surface area contributed by atoms with Gasteiger partial charge in [0.15, 0.2) is 0 Å². The molecule has 0 aromatic heterocycles. The number of oxime groups is 1. The van der Waals surface area contributed by atoms with Crippen LogP contribution in [-0.2, 0) is 4.84 Å². The SMILES string of the molecule is O=C(O/N=C1\CCCC\C1=C/c1ccc(F)cc1)c1ccc(Cl)cc1. The zero-order valence-electron chi connectivity index (χ0n) is 13.5. The lowest BCUT2D eigenvalue weighted by molar-refractivity contribution is 0.0515. The number of nitrogens with zero attached hydrogens (tertiary/aromatic N) is 1. The number of hydrogen-bond donors (Lipinski definition) is 0. The van der Waals surface area contributed by atoms with Crippen molar-refractivity contribution < 1.29 is 14.0 Å². The van der Waals surface area contributed by atoms with Gasteiger partial charge in [0.2, 0.25) is 0 Å². The number of rotatable bonds is 3. The van der Waals surface area contributed by atoms with Crippen LogP contribution in [-0.4, -0.2) is 11.7 Å². The molecule has 25 heavy (non-hydrogen) atoms. The molecule has 0 bridgehead atoms. The first-order chi connectivity index (χ1) is 12.1. The molecule has 0 radical (unpaired) electrons. The van der Waals surface area contributed by atoms with Gasteiger partial charge in [-0.15, -0.1) is 0 Å². The molecule has 0 spiro atoms. The van der Waals surface area contributed by atoms with Gasteiger partial charge in [-0.05, 0) is 79.3 Å². The van der Waals surface area contributed by atoms with Gasteiger partial charge in [0.05, 0.1) is 11.3 Å². The first-order valence-electron chi connectivity index (χ1n) is 8.12. The molecule has 0 saturated heterocycles. The van der Waals surface area contributed by atoms with E-state index in [-0.39, 0.29) is 5.82 Å². The first-order valence-corrected chi connectivity index (χ1v) is 8.50. The van der Waals surface area contributed by atoms with Gasteiger partial charge in [-0.1, -0.05) is 28.9 Å². The minimum atomic E-state index is -0.518. The van der Waals surface area contributed by atoms with Gasteiger partial charge >= 0.3 is 5.97 Å². The molecule has 1 fully saturated rings. The second kappa shape index (κ2) is 8.08. The van der Waals surface area contributed by atoms with Gasteiger partial charge in [0.25, 0.3) is 0 Å². The van der Waals surface area contributed by atoms with E-state index in [1.807, 2.05) is 6.08 Å². The third-order valence-corrected chi connectivity index (χ3v) is 4.26. The van der Waals surface area contributed by atoms with Crippen molar-refractivity contribution in [2.24, 2.45) is 5.16 Å². The lowest BCUT2D eigenvalue weighted by Gasteiger charge is -2.16. The predicted octanol–water partition coefficient (Wildman–Crippen LogP) is 5.65. The summed E-state index contributed by atoms with van der Waals surface area (Å²) in [6.07, 6.45) is 5.62. The molecule has 0 atom stereocenters. The summed E-state index contributed by atoms with van der Waals surface area (Å²) in [5, 5.41) is 4.62. The molecule has 1 aliphatic carbocycles. The van der Waals surface area contributed by atoms with Crippen molar-refractivity contribution in [2.75, 3.05) is 0 Å². The molecule has 0 unspecified atom stereocenters. The molecule has 0 amide bonds. The topological polar surface area (TPSA) is 38.7 Å². The fourth-order valence-electron chi connectivity index (χ4n) is 2.67. The quantitative estimate of drug-likeness (QED) is 0.526. The highest BCUT2D eigenvalue weighted by Crippen LogP contribution is 2.24. The fraction of sp³-hybridized carbons (Fsp3) is 0.200. The number of benzene rings is 2. The minimum Gasteiger partial charge on any atom is -0.313 e. The van der Waals surface area contributed by atoms with E-state index in [1.54, 1.807) is 36.4 Å². The summed E-state index contributed by atoms with van der Waals surface area (Å²) in [5.74, 6) is -0.785. The smallest absolute Gasteiger partial charge is 0.313 e. The van der Waals surface area contributed by atoms with Crippen molar-refractivity contribution in [3.05, 3.63) is 76.1 Å². The second-order valence-electron chi connectivity index (χ2n) is 5.85. The van der Waals surface area contributed by atoms with Crippen LogP contribution >= 0.6 is 11.6 Å². The molecule has 1 aliphatic rings. The molecule has 128 valence electrons. The Balaban J connectivity index is 1.75. The predicted molar refractivity (Wildman–Crippen MR) is 97.1 cm³/mol. The van der Waals surface area contributed by atoms with Crippen LogP contribution in [0, 0.1) is 5.82 Å². The second-order valence-corrected chi connectivity index (χ2v) is 6.29. The largest absolute Gasteiger partial charge is 0.365 e. The van der Waals surface area contributed by atoms with Crippen LogP contribution in [0.2, 0.25) is 5.02 Å². The van der Waals surface area contributed by atoms with Crippen molar-refractivity contribution in [1.82, 2.24) is 0 Å². The first kappa shape index (κ1) is 17.4. The summed E-state index contributed by atoms with van der Waals surface area (Å²) in [5.41, 5.74) is 3.07. The van der Waals surface area contributed by atoms with E-state index in [2.05, 4.69) is 5.16 Å². The molecule has 5 heteroatoms. The maximum Gasteiger partial charge on any atom is 0.365 e. The van der Waals surface area contributed by atoms with E-state index in [0.717, 1.165) is 42.5 Å². The molecular formula is C20H17ClFNO2. The Bertz CT molecular complexity index is 811. The molecule has 2 aromatic carbocycles. The number of halogens is 2. The molecular weight excluding hydrogens is 341 g/mol. The molecule has 0 aliphatic heterocycles. The van der Waals surface area contributed by atoms with Crippen LogP contribution in [0.3, 0.4) is 0 Å². The summed E-state index contributed by atoms with van der Waals surface area (Å²) in [6.45, 7) is 0. The summed E-state index contributed by atoms with van der Waals surface area (Å²) in [7, 11) is 0. The summed E-state index contributed by atoms with van der Waals surface area (Å²) < 4.78 is 13.0. The van der Waals surface area contributed by atoms with E-state index >= 15 is 0 Å². The van der Waals surface area contributed by atoms with E-state index in [1.165, 1.54) is 12.1 Å². The third-order valence-electron chi connectivity index (χ3n) is 4.01. The lowest BCUT2D eigenvalue weighted by atomic mass is 9.91. The Morgan fingerprint density at radius 2 is 1.72 bits per heavy atom. The van der Waals surface area contributed by atoms with Gasteiger partial charge < -0.3 is 4.84 Å². The third kappa shape index (κ3) is 4.77. The molecule has 3 rings (SSSR count). The Morgan fingerprint density at radius 1 is 1.04 bits per heavy atom. The summed E-state index contributed by atoms with van der Waals surface area (Å²) >= 11 is 5.81. The summed E-state index contributed by atoms with van der Waals surface area (Å²) in [4.78, 5) is 17.2. The minimum absolute atomic E-state index is 0.267. The number of allylic oxidation sites excluding steroid dienone is 1. The van der Waals surface area contributed by atoms with Gasteiger partial charge in [0.1, 0.15) is 5.82 Å². The Hall–Kier alpha value is -2.46.